The van der Waals surface area contributed by atoms with Crippen LogP contribution in [-0.2, 0) is 12.0 Å². The zero-order valence-corrected chi connectivity index (χ0v) is 13.8. The van der Waals surface area contributed by atoms with Crippen LogP contribution in [0.25, 0.3) is 11.3 Å². The van der Waals surface area contributed by atoms with Gasteiger partial charge in [0.2, 0.25) is 0 Å². The summed E-state index contributed by atoms with van der Waals surface area (Å²) < 4.78 is 6.38. The fourth-order valence-electron chi connectivity index (χ4n) is 2.13. The van der Waals surface area contributed by atoms with Crippen molar-refractivity contribution in [3.8, 4) is 17.0 Å². The molecule has 2 rings (SSSR count). The number of halogens is 1. The molecule has 20 heavy (non-hydrogen) atoms. The number of rotatable bonds is 3. The minimum atomic E-state index is 0.000827. The lowest BCUT2D eigenvalue weighted by Gasteiger charge is -2.22. The van der Waals surface area contributed by atoms with Crippen molar-refractivity contribution in [2.45, 2.75) is 32.7 Å². The van der Waals surface area contributed by atoms with Gasteiger partial charge < -0.3 is 10.5 Å². The molecule has 0 fully saturated rings. The molecule has 0 radical (unpaired) electrons. The second-order valence-corrected chi connectivity index (χ2v) is 6.53. The molecule has 1 aromatic heterocycles. The average molecular weight is 338 g/mol. The average Bonchev–Trinajstić information content (AvgIpc) is 2.78. The second kappa shape index (κ2) is 5.58. The van der Waals surface area contributed by atoms with Crippen molar-refractivity contribution < 1.29 is 4.74 Å². The van der Waals surface area contributed by atoms with Crippen molar-refractivity contribution in [2.75, 3.05) is 7.11 Å². The Hall–Kier alpha value is -1.33. The van der Waals surface area contributed by atoms with Crippen LogP contribution in [0.15, 0.2) is 22.7 Å². The summed E-state index contributed by atoms with van der Waals surface area (Å²) in [6.07, 6.45) is 0. The van der Waals surface area contributed by atoms with Gasteiger partial charge in [-0.1, -0.05) is 20.8 Å². The van der Waals surface area contributed by atoms with Crippen LogP contribution < -0.4 is 10.5 Å². The highest BCUT2D eigenvalue weighted by Crippen LogP contribution is 2.36. The SMILES string of the molecule is COc1ccc(-c2n[nH]c(CN)c2Br)cc1C(C)(C)C. The van der Waals surface area contributed by atoms with Crippen LogP contribution in [0.1, 0.15) is 32.0 Å². The van der Waals surface area contributed by atoms with Gasteiger partial charge in [-0.25, -0.2) is 0 Å². The molecule has 0 atom stereocenters. The number of nitrogens with two attached hydrogens (primary N) is 1. The highest BCUT2D eigenvalue weighted by molar-refractivity contribution is 9.10. The monoisotopic (exact) mass is 337 g/mol. The minimum absolute atomic E-state index is 0.000827. The Kier molecular flexibility index (Phi) is 4.20. The third-order valence-electron chi connectivity index (χ3n) is 3.26. The lowest BCUT2D eigenvalue weighted by Crippen LogP contribution is -2.13. The number of nitrogens with one attached hydrogen (secondary N) is 1. The van der Waals surface area contributed by atoms with Crippen molar-refractivity contribution in [1.82, 2.24) is 10.2 Å². The van der Waals surface area contributed by atoms with Crippen LogP contribution in [0.2, 0.25) is 0 Å². The first-order valence-electron chi connectivity index (χ1n) is 6.50. The molecule has 1 heterocycles. The van der Waals surface area contributed by atoms with E-state index in [0.29, 0.717) is 6.54 Å². The van der Waals surface area contributed by atoms with Crippen LogP contribution in [-0.4, -0.2) is 17.3 Å². The van der Waals surface area contributed by atoms with Crippen LogP contribution in [0.5, 0.6) is 5.75 Å². The number of aromatic amines is 1. The molecule has 0 bridgehead atoms. The molecule has 0 aliphatic rings. The van der Waals surface area contributed by atoms with Gasteiger partial charge in [0.25, 0.3) is 0 Å². The van der Waals surface area contributed by atoms with Crippen molar-refractivity contribution in [3.05, 3.63) is 33.9 Å². The second-order valence-electron chi connectivity index (χ2n) is 5.73. The molecular formula is C15H20BrN3O. The largest absolute Gasteiger partial charge is 0.496 e. The van der Waals surface area contributed by atoms with E-state index in [4.69, 9.17) is 10.5 Å². The number of H-pyrrole nitrogens is 1. The standard InChI is InChI=1S/C15H20BrN3O/c1-15(2,3)10-7-9(5-6-12(10)20-4)14-13(16)11(8-17)18-19-14/h5-7H,8,17H2,1-4H3,(H,18,19). The molecule has 0 aliphatic carbocycles. The third-order valence-corrected chi connectivity index (χ3v) is 4.11. The van der Waals surface area contributed by atoms with Crippen molar-refractivity contribution >= 4 is 15.9 Å². The molecule has 0 unspecified atom stereocenters. The van der Waals surface area contributed by atoms with E-state index in [1.54, 1.807) is 7.11 Å². The number of benzene rings is 1. The minimum Gasteiger partial charge on any atom is -0.496 e. The molecule has 3 N–H and O–H groups in total. The predicted molar refractivity (Wildman–Crippen MR) is 84.9 cm³/mol. The molecule has 4 nitrogen and oxygen atoms in total. The summed E-state index contributed by atoms with van der Waals surface area (Å²) in [5.41, 5.74) is 9.63. The summed E-state index contributed by atoms with van der Waals surface area (Å²) in [4.78, 5) is 0. The first-order chi connectivity index (χ1) is 9.38. The van der Waals surface area contributed by atoms with Crippen LogP contribution in [0, 0.1) is 0 Å². The van der Waals surface area contributed by atoms with E-state index in [2.05, 4.69) is 53.0 Å². The van der Waals surface area contributed by atoms with Crippen LogP contribution in [0.4, 0.5) is 0 Å². The highest BCUT2D eigenvalue weighted by atomic mass is 79.9. The van der Waals surface area contributed by atoms with Gasteiger partial charge in [-0.3, -0.25) is 5.10 Å². The summed E-state index contributed by atoms with van der Waals surface area (Å²) in [6, 6.07) is 6.12. The Morgan fingerprint density at radius 1 is 1.35 bits per heavy atom. The molecule has 108 valence electrons. The summed E-state index contributed by atoms with van der Waals surface area (Å²) in [6.45, 7) is 6.93. The fraction of sp³-hybridized carbons (Fsp3) is 0.400. The van der Waals surface area contributed by atoms with Gasteiger partial charge in [0.1, 0.15) is 11.4 Å². The van der Waals surface area contributed by atoms with Gasteiger partial charge in [0.15, 0.2) is 0 Å². The quantitative estimate of drug-likeness (QED) is 0.899. The van der Waals surface area contributed by atoms with Crippen LogP contribution in [0.3, 0.4) is 0 Å². The number of hydrogen-bond donors (Lipinski definition) is 2. The number of ether oxygens (including phenoxy) is 1. The molecule has 1 aromatic carbocycles. The smallest absolute Gasteiger partial charge is 0.122 e. The molecule has 2 aromatic rings. The molecule has 0 saturated carbocycles. The van der Waals surface area contributed by atoms with Gasteiger partial charge in [0, 0.05) is 17.7 Å². The van der Waals surface area contributed by atoms with Crippen molar-refractivity contribution in [1.29, 1.82) is 0 Å². The topological polar surface area (TPSA) is 63.9 Å². The zero-order valence-electron chi connectivity index (χ0n) is 12.2. The maximum Gasteiger partial charge on any atom is 0.122 e. The molecule has 0 aliphatic heterocycles. The Labute approximate surface area is 127 Å². The molecule has 0 amide bonds. The summed E-state index contributed by atoms with van der Waals surface area (Å²) in [5.74, 6) is 0.895. The van der Waals surface area contributed by atoms with E-state index >= 15 is 0 Å². The molecule has 5 heteroatoms. The first-order valence-corrected chi connectivity index (χ1v) is 7.29. The van der Waals surface area contributed by atoms with Crippen molar-refractivity contribution in [2.24, 2.45) is 5.73 Å². The lowest BCUT2D eigenvalue weighted by atomic mass is 9.85. The predicted octanol–water partition coefficient (Wildman–Crippen LogP) is 3.60. The van der Waals surface area contributed by atoms with Gasteiger partial charge in [-0.2, -0.15) is 5.10 Å². The van der Waals surface area contributed by atoms with E-state index in [1.807, 2.05) is 12.1 Å². The Balaban J connectivity index is 2.56. The van der Waals surface area contributed by atoms with E-state index in [-0.39, 0.29) is 5.41 Å². The third kappa shape index (κ3) is 2.74. The Bertz CT molecular complexity index is 614. The Morgan fingerprint density at radius 2 is 2.05 bits per heavy atom. The zero-order chi connectivity index (χ0) is 14.9. The molecular weight excluding hydrogens is 318 g/mol. The molecule has 0 saturated heterocycles. The summed E-state index contributed by atoms with van der Waals surface area (Å²) >= 11 is 3.55. The van der Waals surface area contributed by atoms with Gasteiger partial charge in [-0.05, 0) is 39.5 Å². The molecule has 0 spiro atoms. The highest BCUT2D eigenvalue weighted by Gasteiger charge is 2.21. The lowest BCUT2D eigenvalue weighted by molar-refractivity contribution is 0.397. The van der Waals surface area contributed by atoms with E-state index < -0.39 is 0 Å². The van der Waals surface area contributed by atoms with Gasteiger partial charge in [-0.15, -0.1) is 0 Å². The number of methoxy groups -OCH3 is 1. The fourth-order valence-corrected chi connectivity index (χ4v) is 2.70. The van der Waals surface area contributed by atoms with E-state index in [9.17, 15) is 0 Å². The Morgan fingerprint density at radius 3 is 2.55 bits per heavy atom. The summed E-state index contributed by atoms with van der Waals surface area (Å²) in [7, 11) is 1.70. The van der Waals surface area contributed by atoms with E-state index in [0.717, 1.165) is 32.7 Å². The van der Waals surface area contributed by atoms with Gasteiger partial charge >= 0.3 is 0 Å². The van der Waals surface area contributed by atoms with Gasteiger partial charge in [0.05, 0.1) is 17.3 Å². The normalized spacial score (nSPS) is 11.7. The van der Waals surface area contributed by atoms with Crippen LogP contribution >= 0.6 is 15.9 Å². The number of nitrogens with zero attached hydrogens (tertiary/aromatic N) is 1. The first kappa shape index (κ1) is 15.1. The maximum absolute atomic E-state index is 5.67. The number of hydrogen-bond acceptors (Lipinski definition) is 3. The van der Waals surface area contributed by atoms with E-state index in [1.165, 1.54) is 0 Å². The summed E-state index contributed by atoms with van der Waals surface area (Å²) in [5, 5.41) is 7.30. The maximum atomic E-state index is 5.67. The number of aromatic nitrogens is 2. The van der Waals surface area contributed by atoms with Crippen molar-refractivity contribution in [3.63, 3.8) is 0 Å².